The highest BCUT2D eigenvalue weighted by Crippen LogP contribution is 2.16. The van der Waals surface area contributed by atoms with Crippen LogP contribution in [0.15, 0.2) is 24.3 Å². The van der Waals surface area contributed by atoms with Gasteiger partial charge in [0.05, 0.1) is 20.2 Å². The second-order valence-corrected chi connectivity index (χ2v) is 4.00. The number of benzene rings is 1. The first-order valence-corrected chi connectivity index (χ1v) is 6.46. The van der Waals surface area contributed by atoms with E-state index in [4.69, 9.17) is 9.47 Å². The molecule has 0 aromatic heterocycles. The Bertz CT molecular complexity index is 431. The van der Waals surface area contributed by atoms with Gasteiger partial charge in [0.15, 0.2) is 0 Å². The summed E-state index contributed by atoms with van der Waals surface area (Å²) >= 11 is 0. The fourth-order valence-corrected chi connectivity index (χ4v) is 1.40. The van der Waals surface area contributed by atoms with Gasteiger partial charge in [-0.3, -0.25) is 9.59 Å². The van der Waals surface area contributed by atoms with Gasteiger partial charge in [-0.1, -0.05) is 6.92 Å². The van der Waals surface area contributed by atoms with Crippen LogP contribution in [0, 0.1) is 0 Å². The molecule has 1 aromatic rings. The van der Waals surface area contributed by atoms with Crippen LogP contribution in [0.4, 0.5) is 0 Å². The van der Waals surface area contributed by atoms with Gasteiger partial charge in [0.1, 0.15) is 18.1 Å². The molecule has 0 aliphatic rings. The molecule has 0 spiro atoms. The largest absolute Gasteiger partial charge is 0.497 e. The summed E-state index contributed by atoms with van der Waals surface area (Å²) in [5.74, 6) is 1.09. The molecule has 0 radical (unpaired) electrons. The molecule has 2 N–H and O–H groups in total. The first kappa shape index (κ1) is 15.8. The minimum atomic E-state index is -0.231. The number of carbonyl (C=O) groups excluding carboxylic acids is 2. The maximum Gasteiger partial charge on any atom is 0.239 e. The molecule has 0 unspecified atom stereocenters. The van der Waals surface area contributed by atoms with Crippen molar-refractivity contribution in [3.8, 4) is 11.5 Å². The Balaban J connectivity index is 2.14. The minimum Gasteiger partial charge on any atom is -0.497 e. The molecular formula is C14H20N2O4. The number of hydrogen-bond acceptors (Lipinski definition) is 4. The smallest absolute Gasteiger partial charge is 0.239 e. The fraction of sp³-hybridized carbons (Fsp3) is 0.429. The molecule has 20 heavy (non-hydrogen) atoms. The van der Waals surface area contributed by atoms with E-state index in [1.54, 1.807) is 38.3 Å². The number of amides is 2. The standard InChI is InChI=1S/C14H20N2O4/c1-3-13(17)16-10-14(18)15-8-9-20-12-6-4-11(19-2)5-7-12/h4-7H,3,8-10H2,1-2H3,(H,15,18)(H,16,17). The van der Waals surface area contributed by atoms with Crippen molar-refractivity contribution >= 4 is 11.8 Å². The van der Waals surface area contributed by atoms with E-state index in [9.17, 15) is 9.59 Å². The SMILES string of the molecule is CCC(=O)NCC(=O)NCCOc1ccc(OC)cc1. The Morgan fingerprint density at radius 2 is 1.70 bits per heavy atom. The topological polar surface area (TPSA) is 76.7 Å². The van der Waals surface area contributed by atoms with Crippen molar-refractivity contribution in [2.75, 3.05) is 26.8 Å². The monoisotopic (exact) mass is 280 g/mol. The lowest BCUT2D eigenvalue weighted by atomic mass is 10.3. The lowest BCUT2D eigenvalue weighted by molar-refractivity contribution is -0.125. The zero-order valence-corrected chi connectivity index (χ0v) is 11.8. The number of methoxy groups -OCH3 is 1. The van der Waals surface area contributed by atoms with Crippen LogP contribution in [0.25, 0.3) is 0 Å². The molecule has 0 aliphatic carbocycles. The van der Waals surface area contributed by atoms with Gasteiger partial charge in [0, 0.05) is 6.42 Å². The van der Waals surface area contributed by atoms with Crippen LogP contribution in [-0.4, -0.2) is 38.6 Å². The molecular weight excluding hydrogens is 260 g/mol. The summed E-state index contributed by atoms with van der Waals surface area (Å²) in [6.45, 7) is 2.47. The van der Waals surface area contributed by atoms with Crippen LogP contribution in [-0.2, 0) is 9.59 Å². The van der Waals surface area contributed by atoms with Crippen molar-refractivity contribution in [1.82, 2.24) is 10.6 Å². The molecule has 0 saturated heterocycles. The zero-order chi connectivity index (χ0) is 14.8. The molecule has 6 nitrogen and oxygen atoms in total. The predicted octanol–water partition coefficient (Wildman–Crippen LogP) is 0.716. The van der Waals surface area contributed by atoms with Crippen LogP contribution in [0.3, 0.4) is 0 Å². The first-order valence-electron chi connectivity index (χ1n) is 6.46. The van der Waals surface area contributed by atoms with E-state index in [0.717, 1.165) is 5.75 Å². The van der Waals surface area contributed by atoms with Crippen LogP contribution in [0.1, 0.15) is 13.3 Å². The molecule has 0 bridgehead atoms. The van der Waals surface area contributed by atoms with Crippen molar-refractivity contribution in [2.45, 2.75) is 13.3 Å². The molecule has 1 aromatic carbocycles. The molecule has 0 aliphatic heterocycles. The van der Waals surface area contributed by atoms with Crippen molar-refractivity contribution in [3.05, 3.63) is 24.3 Å². The van der Waals surface area contributed by atoms with E-state index < -0.39 is 0 Å². The second-order valence-electron chi connectivity index (χ2n) is 4.00. The van der Waals surface area contributed by atoms with Gasteiger partial charge in [-0.2, -0.15) is 0 Å². The van der Waals surface area contributed by atoms with Crippen molar-refractivity contribution in [1.29, 1.82) is 0 Å². The highest BCUT2D eigenvalue weighted by Gasteiger charge is 2.03. The normalized spacial score (nSPS) is 9.70. The average Bonchev–Trinajstić information content (AvgIpc) is 2.49. The number of ether oxygens (including phenoxy) is 2. The van der Waals surface area contributed by atoms with Gasteiger partial charge >= 0.3 is 0 Å². The van der Waals surface area contributed by atoms with Crippen molar-refractivity contribution in [3.63, 3.8) is 0 Å². The van der Waals surface area contributed by atoms with Gasteiger partial charge in [0.25, 0.3) is 0 Å². The summed E-state index contributed by atoms with van der Waals surface area (Å²) in [4.78, 5) is 22.3. The summed E-state index contributed by atoms with van der Waals surface area (Å²) in [5.41, 5.74) is 0. The summed E-state index contributed by atoms with van der Waals surface area (Å²) < 4.78 is 10.5. The molecule has 6 heteroatoms. The highest BCUT2D eigenvalue weighted by atomic mass is 16.5. The van der Waals surface area contributed by atoms with Crippen LogP contribution in [0.5, 0.6) is 11.5 Å². The van der Waals surface area contributed by atoms with E-state index >= 15 is 0 Å². The number of hydrogen-bond donors (Lipinski definition) is 2. The van der Waals surface area contributed by atoms with Crippen LogP contribution >= 0.6 is 0 Å². The Morgan fingerprint density at radius 1 is 1.05 bits per heavy atom. The quantitative estimate of drug-likeness (QED) is 0.688. The maximum absolute atomic E-state index is 11.4. The average molecular weight is 280 g/mol. The number of nitrogens with one attached hydrogen (secondary N) is 2. The van der Waals surface area contributed by atoms with Gasteiger partial charge in [0.2, 0.25) is 11.8 Å². The van der Waals surface area contributed by atoms with E-state index in [2.05, 4.69) is 10.6 Å². The zero-order valence-electron chi connectivity index (χ0n) is 11.8. The van der Waals surface area contributed by atoms with E-state index in [-0.39, 0.29) is 18.4 Å². The first-order chi connectivity index (χ1) is 9.65. The van der Waals surface area contributed by atoms with Gasteiger partial charge < -0.3 is 20.1 Å². The third kappa shape index (κ3) is 6.08. The minimum absolute atomic E-state index is 0.00475. The summed E-state index contributed by atoms with van der Waals surface area (Å²) in [7, 11) is 1.60. The van der Waals surface area contributed by atoms with Crippen molar-refractivity contribution < 1.29 is 19.1 Å². The van der Waals surface area contributed by atoms with E-state index in [0.29, 0.717) is 25.3 Å². The molecule has 0 atom stereocenters. The lowest BCUT2D eigenvalue weighted by Crippen LogP contribution is -2.38. The van der Waals surface area contributed by atoms with E-state index in [1.165, 1.54) is 0 Å². The van der Waals surface area contributed by atoms with Crippen LogP contribution in [0.2, 0.25) is 0 Å². The Labute approximate surface area is 118 Å². The Hall–Kier alpha value is -2.24. The van der Waals surface area contributed by atoms with Crippen LogP contribution < -0.4 is 20.1 Å². The molecule has 0 fully saturated rings. The summed E-state index contributed by atoms with van der Waals surface area (Å²) in [6.07, 6.45) is 0.369. The lowest BCUT2D eigenvalue weighted by Gasteiger charge is -2.08. The van der Waals surface area contributed by atoms with Gasteiger partial charge in [-0.05, 0) is 24.3 Å². The van der Waals surface area contributed by atoms with Gasteiger partial charge in [-0.15, -0.1) is 0 Å². The number of rotatable bonds is 8. The Kier molecular flexibility index (Phi) is 6.95. The third-order valence-corrected chi connectivity index (χ3v) is 2.52. The maximum atomic E-state index is 11.4. The fourth-order valence-electron chi connectivity index (χ4n) is 1.40. The molecule has 2 amide bonds. The third-order valence-electron chi connectivity index (χ3n) is 2.52. The van der Waals surface area contributed by atoms with Gasteiger partial charge in [-0.25, -0.2) is 0 Å². The van der Waals surface area contributed by atoms with Crippen molar-refractivity contribution in [2.24, 2.45) is 0 Å². The molecule has 110 valence electrons. The van der Waals surface area contributed by atoms with E-state index in [1.807, 2.05) is 0 Å². The number of carbonyl (C=O) groups is 2. The highest BCUT2D eigenvalue weighted by molar-refractivity contribution is 5.84. The summed E-state index contributed by atoms with van der Waals surface area (Å²) in [5, 5.41) is 5.15. The Morgan fingerprint density at radius 3 is 2.30 bits per heavy atom. The summed E-state index contributed by atoms with van der Waals surface area (Å²) in [6, 6.07) is 7.19. The second kappa shape index (κ2) is 8.79. The molecule has 1 rings (SSSR count). The molecule has 0 saturated carbocycles. The molecule has 0 heterocycles. The predicted molar refractivity (Wildman–Crippen MR) is 74.8 cm³/mol.